The molecule has 1 amide bonds. The lowest BCUT2D eigenvalue weighted by molar-refractivity contribution is -2.00. The number of carbonyl (C=O) groups is 1. The third-order valence-corrected chi connectivity index (χ3v) is 13.6. The van der Waals surface area contributed by atoms with Gasteiger partial charge in [0.05, 0.1) is 0 Å². The number of thioether (sulfide) groups is 2. The topological polar surface area (TPSA) is 121 Å². The van der Waals surface area contributed by atoms with Crippen LogP contribution in [0.2, 0.25) is 10.0 Å². The molecule has 12 heteroatoms. The maximum atomic E-state index is 13.1. The summed E-state index contributed by atoms with van der Waals surface area (Å²) in [7, 11) is -7.56. The summed E-state index contributed by atoms with van der Waals surface area (Å²) >= 11 is 15.7. The van der Waals surface area contributed by atoms with Gasteiger partial charge in [-0.2, -0.15) is 0 Å². The highest BCUT2D eigenvalue weighted by molar-refractivity contribution is 8.23. The minimum atomic E-state index is -4.94. The molecule has 0 saturated carbocycles. The summed E-state index contributed by atoms with van der Waals surface area (Å²) in [5, 5.41) is 8.16. The number of carbonyl (C=O) groups excluding carboxylic acids is 1. The Bertz CT molecular complexity index is 1590. The largest absolute Gasteiger partial charge is 0.295 e. The molecule has 0 saturated heterocycles. The van der Waals surface area contributed by atoms with Gasteiger partial charge >= 0.3 is 0 Å². The summed E-state index contributed by atoms with van der Waals surface area (Å²) in [5.41, 5.74) is 0.883. The van der Waals surface area contributed by atoms with Gasteiger partial charge in [0, 0.05) is 26.8 Å². The van der Waals surface area contributed by atoms with Crippen LogP contribution in [0, 0.1) is 10.2 Å². The van der Waals surface area contributed by atoms with Crippen LogP contribution in [0.15, 0.2) is 159 Å². The molecule has 1 N–H and O–H groups in total. The van der Waals surface area contributed by atoms with Crippen LogP contribution in [0.3, 0.4) is 0 Å². The van der Waals surface area contributed by atoms with Crippen LogP contribution in [-0.2, 0) is 4.79 Å². The zero-order chi connectivity index (χ0) is 33.2. The molecule has 6 nitrogen and oxygen atoms in total. The van der Waals surface area contributed by atoms with Crippen LogP contribution in [0.5, 0.6) is 0 Å². The van der Waals surface area contributed by atoms with E-state index >= 15 is 0 Å². The number of rotatable bonds is 9. The molecule has 5 aromatic rings. The van der Waals surface area contributed by atoms with Crippen LogP contribution in [0.4, 0.5) is 0 Å². The molecule has 0 aromatic heterocycles. The molecule has 0 radical (unpaired) electrons. The van der Waals surface area contributed by atoms with Crippen molar-refractivity contribution in [3.8, 4) is 0 Å². The Hall–Kier alpha value is -2.85. The van der Waals surface area contributed by atoms with Crippen molar-refractivity contribution in [3.05, 3.63) is 159 Å². The van der Waals surface area contributed by atoms with Crippen molar-refractivity contribution >= 4 is 75.8 Å². The van der Waals surface area contributed by atoms with Crippen molar-refractivity contribution < 1.29 is 33.7 Å². The van der Waals surface area contributed by atoms with E-state index in [4.69, 9.17) is 41.8 Å². The Labute approximate surface area is 289 Å². The molecular weight excluding hydrogens is 704 g/mol. The monoisotopic (exact) mass is 729 g/mol. The van der Waals surface area contributed by atoms with Gasteiger partial charge in [-0.15, -0.1) is 10.2 Å². The molecule has 0 aliphatic heterocycles. The number of amides is 1. The first-order chi connectivity index (χ1) is 22.0. The molecular formula is C34H27Cl3NO5PS2. The van der Waals surface area contributed by atoms with Crippen LogP contribution < -0.4 is 39.9 Å². The number of benzene rings is 5. The second-order valence-electron chi connectivity index (χ2n) is 9.48. The second kappa shape index (κ2) is 16.8. The first-order valence-corrected chi connectivity index (χ1v) is 18.9. The average molecular weight is 731 g/mol. The van der Waals surface area contributed by atoms with Crippen molar-refractivity contribution in [1.29, 1.82) is 0 Å². The third-order valence-electron chi connectivity index (χ3n) is 6.30. The molecule has 0 bridgehead atoms. The highest BCUT2D eigenvalue weighted by Crippen LogP contribution is 2.65. The normalized spacial score (nSPS) is 11.2. The number of hydrogen-bond acceptors (Lipinski definition) is 7. The number of nitrogens with one attached hydrogen (secondary N) is 1. The Morgan fingerprint density at radius 1 is 0.587 bits per heavy atom. The highest BCUT2D eigenvalue weighted by Gasteiger charge is 2.52. The predicted octanol–water partition coefficient (Wildman–Crippen LogP) is 4.38. The van der Waals surface area contributed by atoms with Gasteiger partial charge in [0.1, 0.15) is 20.2 Å². The Kier molecular flexibility index (Phi) is 13.2. The highest BCUT2D eigenvalue weighted by atomic mass is 35.7. The zero-order valence-electron chi connectivity index (χ0n) is 24.2. The Morgan fingerprint density at radius 2 is 0.891 bits per heavy atom. The summed E-state index contributed by atoms with van der Waals surface area (Å²) < 4.78 is 34.9. The molecule has 0 atom stereocenters. The van der Waals surface area contributed by atoms with Crippen LogP contribution in [0.25, 0.3) is 0 Å². The minimum absolute atomic E-state index is 0.127. The van der Waals surface area contributed by atoms with E-state index in [1.54, 1.807) is 30.4 Å². The van der Waals surface area contributed by atoms with E-state index in [2.05, 4.69) is 78.1 Å². The van der Waals surface area contributed by atoms with Crippen molar-refractivity contribution in [2.45, 2.75) is 16.7 Å². The third kappa shape index (κ3) is 10.1. The second-order valence-corrected chi connectivity index (χ2v) is 16.9. The number of halogens is 3. The standard InChI is InChI=1S/C34H26Cl2NOPS2.ClHO4/c1-25(38)37-33(34(40-31-21-17-26(35)18-22-31)41-32-23-19-27(36)20-24-32)39(28-11-5-2-6-12-28,29-13-7-3-8-14-29)30-15-9-4-10-16-30;2-1(3,4)5/h2-24H,1H3;(H,2,3,4,5). The van der Waals surface area contributed by atoms with E-state index in [1.165, 1.54) is 0 Å². The van der Waals surface area contributed by atoms with E-state index in [9.17, 15) is 4.79 Å². The van der Waals surface area contributed by atoms with Crippen molar-refractivity contribution in [1.82, 2.24) is 5.32 Å². The fourth-order valence-corrected chi connectivity index (χ4v) is 12.1. The van der Waals surface area contributed by atoms with Gasteiger partial charge in [-0.05, 0) is 84.9 Å². The molecule has 0 fully saturated rings. The van der Waals surface area contributed by atoms with E-state index in [1.807, 2.05) is 66.7 Å². The lowest BCUT2D eigenvalue weighted by atomic mass is 10.4. The van der Waals surface area contributed by atoms with Crippen LogP contribution in [0.1, 0.15) is 6.92 Å². The number of hydrogen-bond donors (Lipinski definition) is 1. The fourth-order valence-electron chi connectivity index (χ4n) is 4.56. The van der Waals surface area contributed by atoms with Gasteiger partial charge in [-0.1, -0.05) is 101 Å². The Morgan fingerprint density at radius 3 is 1.17 bits per heavy atom. The fraction of sp³-hybridized carbons (Fsp3) is 0.0294. The maximum Gasteiger partial charge on any atom is 0.223 e. The molecule has 46 heavy (non-hydrogen) atoms. The van der Waals surface area contributed by atoms with Crippen molar-refractivity contribution in [2.75, 3.05) is 0 Å². The lowest BCUT2D eigenvalue weighted by Gasteiger charge is -2.30. The molecule has 5 rings (SSSR count). The van der Waals surface area contributed by atoms with Crippen molar-refractivity contribution in [2.24, 2.45) is 0 Å². The quantitative estimate of drug-likeness (QED) is 0.177. The minimum Gasteiger partial charge on any atom is -0.295 e. The molecule has 0 spiro atoms. The summed E-state index contributed by atoms with van der Waals surface area (Å²) in [6.45, 7) is 1.58. The molecule has 0 unspecified atom stereocenters. The first kappa shape index (κ1) is 36.0. The van der Waals surface area contributed by atoms with Crippen LogP contribution in [-0.4, -0.2) is 5.91 Å². The summed E-state index contributed by atoms with van der Waals surface area (Å²) in [6, 6.07) is 47.1. The summed E-state index contributed by atoms with van der Waals surface area (Å²) in [4.78, 5) is 15.1. The SMILES string of the molecule is CC(=O)NC(=C(Sc1ccc(Cl)cc1)Sc1ccc(Cl)cc1)[P+](c1ccccc1)(c1ccccc1)c1ccccc1.[O-][Cl+3]([O-])([O-])[O-]. The molecule has 0 aliphatic rings. The van der Waals surface area contributed by atoms with E-state index in [0.29, 0.717) is 10.0 Å². The van der Waals surface area contributed by atoms with Gasteiger partial charge in [0.15, 0.2) is 12.7 Å². The van der Waals surface area contributed by atoms with E-state index < -0.39 is 17.5 Å². The molecule has 5 aromatic carbocycles. The molecule has 0 aliphatic carbocycles. The molecule has 236 valence electrons. The first-order valence-electron chi connectivity index (χ1n) is 13.5. The Balaban J connectivity index is 0.000000892. The zero-order valence-corrected chi connectivity index (χ0v) is 29.0. The van der Waals surface area contributed by atoms with Gasteiger partial charge in [-0.3, -0.25) is 10.1 Å². The predicted molar refractivity (Wildman–Crippen MR) is 181 cm³/mol. The van der Waals surface area contributed by atoms with E-state index in [0.717, 1.165) is 35.4 Å². The van der Waals surface area contributed by atoms with Gasteiger partial charge in [0.2, 0.25) is 5.91 Å². The molecule has 0 heterocycles. The van der Waals surface area contributed by atoms with Crippen molar-refractivity contribution in [3.63, 3.8) is 0 Å². The van der Waals surface area contributed by atoms with Gasteiger partial charge in [0.25, 0.3) is 0 Å². The van der Waals surface area contributed by atoms with E-state index in [-0.39, 0.29) is 5.91 Å². The van der Waals surface area contributed by atoms with Gasteiger partial charge < -0.3 is 0 Å². The van der Waals surface area contributed by atoms with Crippen LogP contribution >= 0.6 is 54.0 Å². The summed E-state index contributed by atoms with van der Waals surface area (Å²) in [5.74, 6) is -0.127. The smallest absolute Gasteiger partial charge is 0.223 e. The summed E-state index contributed by atoms with van der Waals surface area (Å²) in [6.07, 6.45) is 0. The average Bonchev–Trinajstić information content (AvgIpc) is 3.03. The lowest BCUT2D eigenvalue weighted by Crippen LogP contribution is -2.68. The van der Waals surface area contributed by atoms with Gasteiger partial charge in [-0.25, -0.2) is 18.6 Å². The maximum absolute atomic E-state index is 13.1.